The Morgan fingerprint density at radius 2 is 2.12 bits per heavy atom. The number of methoxy groups -OCH3 is 1. The van der Waals surface area contributed by atoms with Gasteiger partial charge in [0.25, 0.3) is 0 Å². The standard InChI is InChI=1S/C16H19ClN2O5S/c1-11(16(20)18-10-13-5-4-8-24-13)19(25(3,21)22)12-6-7-15(23-2)14(17)9-12/h4-9,11H,10H2,1-3H3,(H,18,20)/t11-/m1/s1. The van der Waals surface area contributed by atoms with Crippen molar-refractivity contribution in [3.8, 4) is 5.75 Å². The van der Waals surface area contributed by atoms with Gasteiger partial charge in [0.2, 0.25) is 15.9 Å². The van der Waals surface area contributed by atoms with E-state index in [1.807, 2.05) is 0 Å². The molecule has 2 rings (SSSR count). The summed E-state index contributed by atoms with van der Waals surface area (Å²) in [5.74, 6) is 0.515. The second-order valence-electron chi connectivity index (χ2n) is 5.35. The average molecular weight is 387 g/mol. The Hall–Kier alpha value is -2.19. The first kappa shape index (κ1) is 19.1. The van der Waals surface area contributed by atoms with E-state index in [0.717, 1.165) is 10.6 Å². The first-order valence-corrected chi connectivity index (χ1v) is 9.59. The zero-order valence-corrected chi connectivity index (χ0v) is 15.6. The molecule has 25 heavy (non-hydrogen) atoms. The van der Waals surface area contributed by atoms with Gasteiger partial charge in [0.1, 0.15) is 17.6 Å². The molecule has 0 radical (unpaired) electrons. The lowest BCUT2D eigenvalue weighted by Gasteiger charge is -2.28. The topological polar surface area (TPSA) is 88.8 Å². The highest BCUT2D eigenvalue weighted by atomic mass is 35.5. The van der Waals surface area contributed by atoms with Crippen molar-refractivity contribution in [3.63, 3.8) is 0 Å². The van der Waals surface area contributed by atoms with E-state index < -0.39 is 22.0 Å². The highest BCUT2D eigenvalue weighted by Gasteiger charge is 2.29. The summed E-state index contributed by atoms with van der Waals surface area (Å²) in [5.41, 5.74) is 0.272. The largest absolute Gasteiger partial charge is 0.495 e. The number of rotatable bonds is 7. The quantitative estimate of drug-likeness (QED) is 0.789. The maximum atomic E-state index is 12.4. The Balaban J connectivity index is 2.24. The first-order valence-electron chi connectivity index (χ1n) is 7.37. The molecule has 1 aromatic carbocycles. The number of carbonyl (C=O) groups is 1. The van der Waals surface area contributed by atoms with Crippen molar-refractivity contribution in [1.29, 1.82) is 0 Å². The van der Waals surface area contributed by atoms with Crippen LogP contribution in [0.2, 0.25) is 5.02 Å². The summed E-state index contributed by atoms with van der Waals surface area (Å²) in [4.78, 5) is 12.4. The number of benzene rings is 1. The van der Waals surface area contributed by atoms with Crippen LogP contribution in [-0.2, 0) is 21.4 Å². The summed E-state index contributed by atoms with van der Waals surface area (Å²) in [6, 6.07) is 6.95. The molecule has 2 aromatic rings. The molecule has 0 aliphatic carbocycles. The number of amides is 1. The minimum Gasteiger partial charge on any atom is -0.495 e. The van der Waals surface area contributed by atoms with Crippen molar-refractivity contribution >= 4 is 33.2 Å². The Morgan fingerprint density at radius 1 is 1.40 bits per heavy atom. The number of ether oxygens (including phenoxy) is 1. The van der Waals surface area contributed by atoms with Gasteiger partial charge in [0.15, 0.2) is 0 Å². The fourth-order valence-electron chi connectivity index (χ4n) is 2.34. The van der Waals surface area contributed by atoms with Gasteiger partial charge in [-0.3, -0.25) is 9.10 Å². The molecular formula is C16H19ClN2O5S. The number of hydrogen-bond donors (Lipinski definition) is 1. The molecule has 1 aromatic heterocycles. The van der Waals surface area contributed by atoms with Crippen molar-refractivity contribution in [3.05, 3.63) is 47.4 Å². The van der Waals surface area contributed by atoms with E-state index in [1.165, 1.54) is 32.4 Å². The number of halogens is 1. The van der Waals surface area contributed by atoms with Crippen molar-refractivity contribution in [2.24, 2.45) is 0 Å². The lowest BCUT2D eigenvalue weighted by Crippen LogP contribution is -2.47. The second kappa shape index (κ2) is 7.79. The molecule has 0 saturated carbocycles. The van der Waals surface area contributed by atoms with Crippen LogP contribution in [0, 0.1) is 0 Å². The summed E-state index contributed by atoms with van der Waals surface area (Å²) in [5, 5.41) is 2.89. The highest BCUT2D eigenvalue weighted by Crippen LogP contribution is 2.31. The monoisotopic (exact) mass is 386 g/mol. The number of anilines is 1. The normalized spacial score (nSPS) is 12.5. The molecule has 0 fully saturated rings. The number of nitrogens with one attached hydrogen (secondary N) is 1. The summed E-state index contributed by atoms with van der Waals surface area (Å²) in [7, 11) is -2.26. The molecular weight excluding hydrogens is 368 g/mol. The molecule has 0 saturated heterocycles. The Bertz CT molecular complexity index is 836. The summed E-state index contributed by atoms with van der Waals surface area (Å²) < 4.78 is 35.7. The van der Waals surface area contributed by atoms with E-state index in [0.29, 0.717) is 11.5 Å². The van der Waals surface area contributed by atoms with E-state index in [1.54, 1.807) is 18.2 Å². The third-order valence-corrected chi connectivity index (χ3v) is 5.03. The number of sulfonamides is 1. The fourth-order valence-corrected chi connectivity index (χ4v) is 3.75. The van der Waals surface area contributed by atoms with Crippen molar-refractivity contribution in [2.75, 3.05) is 17.7 Å². The van der Waals surface area contributed by atoms with Crippen molar-refractivity contribution in [1.82, 2.24) is 5.32 Å². The van der Waals surface area contributed by atoms with E-state index >= 15 is 0 Å². The molecule has 9 heteroatoms. The zero-order valence-electron chi connectivity index (χ0n) is 14.0. The molecule has 7 nitrogen and oxygen atoms in total. The molecule has 0 aliphatic rings. The van der Waals surface area contributed by atoms with Crippen LogP contribution >= 0.6 is 11.6 Å². The molecule has 1 N–H and O–H groups in total. The van der Waals surface area contributed by atoms with Crippen LogP contribution in [0.25, 0.3) is 0 Å². The minimum atomic E-state index is -3.72. The molecule has 1 amide bonds. The molecule has 1 heterocycles. The Morgan fingerprint density at radius 3 is 2.64 bits per heavy atom. The van der Waals surface area contributed by atoms with Gasteiger partial charge in [-0.05, 0) is 37.3 Å². The first-order chi connectivity index (χ1) is 11.7. The van der Waals surface area contributed by atoms with Crippen molar-refractivity contribution < 1.29 is 22.4 Å². The zero-order chi connectivity index (χ0) is 18.6. The summed E-state index contributed by atoms with van der Waals surface area (Å²) >= 11 is 6.08. The van der Waals surface area contributed by atoms with Gasteiger partial charge in [0, 0.05) is 0 Å². The minimum absolute atomic E-state index is 0.164. The predicted octanol–water partition coefficient (Wildman–Crippen LogP) is 2.41. The molecule has 0 unspecified atom stereocenters. The van der Waals surface area contributed by atoms with E-state index in [9.17, 15) is 13.2 Å². The summed E-state index contributed by atoms with van der Waals surface area (Å²) in [6.45, 7) is 1.66. The van der Waals surface area contributed by atoms with Crippen molar-refractivity contribution in [2.45, 2.75) is 19.5 Å². The average Bonchev–Trinajstić information content (AvgIpc) is 3.05. The van der Waals surface area contributed by atoms with Crippen LogP contribution in [0.5, 0.6) is 5.75 Å². The lowest BCUT2D eigenvalue weighted by atomic mass is 10.2. The maximum absolute atomic E-state index is 12.4. The van der Waals surface area contributed by atoms with Crippen LogP contribution < -0.4 is 14.4 Å². The third kappa shape index (κ3) is 4.67. The molecule has 0 spiro atoms. The highest BCUT2D eigenvalue weighted by molar-refractivity contribution is 7.92. The second-order valence-corrected chi connectivity index (χ2v) is 7.62. The number of nitrogens with zero attached hydrogens (tertiary/aromatic N) is 1. The fraction of sp³-hybridized carbons (Fsp3) is 0.312. The number of furan rings is 1. The number of hydrogen-bond acceptors (Lipinski definition) is 5. The third-order valence-electron chi connectivity index (χ3n) is 3.50. The van der Waals surface area contributed by atoms with E-state index in [4.69, 9.17) is 20.8 Å². The van der Waals surface area contributed by atoms with Gasteiger partial charge >= 0.3 is 0 Å². The Labute approximate surface area is 151 Å². The summed E-state index contributed by atoms with van der Waals surface area (Å²) in [6.07, 6.45) is 2.52. The smallest absolute Gasteiger partial charge is 0.243 e. The van der Waals surface area contributed by atoms with Crippen LogP contribution in [0.15, 0.2) is 41.0 Å². The van der Waals surface area contributed by atoms with Gasteiger partial charge in [-0.25, -0.2) is 8.42 Å². The van der Waals surface area contributed by atoms with Gasteiger partial charge in [0.05, 0.1) is 36.9 Å². The van der Waals surface area contributed by atoms with Gasteiger partial charge in [-0.2, -0.15) is 0 Å². The SMILES string of the molecule is COc1ccc(N([C@H](C)C(=O)NCc2ccco2)S(C)(=O)=O)cc1Cl. The molecule has 1 atom stereocenters. The van der Waals surface area contributed by atoms with Crippen LogP contribution in [-0.4, -0.2) is 33.7 Å². The molecule has 136 valence electrons. The van der Waals surface area contributed by atoms with Crippen LogP contribution in [0.1, 0.15) is 12.7 Å². The maximum Gasteiger partial charge on any atom is 0.243 e. The number of carbonyl (C=O) groups excluding carboxylic acids is 1. The Kier molecular flexibility index (Phi) is 5.97. The molecule has 0 bridgehead atoms. The van der Waals surface area contributed by atoms with E-state index in [2.05, 4.69) is 5.32 Å². The molecule has 0 aliphatic heterocycles. The van der Waals surface area contributed by atoms with Crippen LogP contribution in [0.3, 0.4) is 0 Å². The predicted molar refractivity (Wildman–Crippen MR) is 95.3 cm³/mol. The lowest BCUT2D eigenvalue weighted by molar-refractivity contribution is -0.122. The van der Waals surface area contributed by atoms with E-state index in [-0.39, 0.29) is 17.3 Å². The van der Waals surface area contributed by atoms with Crippen LogP contribution in [0.4, 0.5) is 5.69 Å². The van der Waals surface area contributed by atoms with Gasteiger partial charge in [-0.15, -0.1) is 0 Å². The van der Waals surface area contributed by atoms with Gasteiger partial charge < -0.3 is 14.5 Å². The van der Waals surface area contributed by atoms with Gasteiger partial charge in [-0.1, -0.05) is 11.6 Å².